The first-order valence-corrected chi connectivity index (χ1v) is 6.84. The monoisotopic (exact) mass is 281 g/mol. The average molecular weight is 281 g/mol. The Morgan fingerprint density at radius 2 is 1.90 bits per heavy atom. The molecule has 0 aliphatic rings. The molecule has 0 atom stereocenters. The molecule has 0 radical (unpaired) electrons. The van der Waals surface area contributed by atoms with E-state index in [2.05, 4.69) is 38.9 Å². The van der Waals surface area contributed by atoms with Crippen molar-refractivity contribution >= 4 is 23.1 Å². The molecule has 1 heterocycles. The minimum absolute atomic E-state index is 0.718. The first-order chi connectivity index (χ1) is 9.83. The van der Waals surface area contributed by atoms with Crippen LogP contribution >= 0.6 is 12.2 Å². The van der Waals surface area contributed by atoms with Gasteiger partial charge in [0, 0.05) is 18.0 Å². The van der Waals surface area contributed by atoms with Crippen molar-refractivity contribution in [3.05, 3.63) is 54.9 Å². The number of aryl methyl sites for hydroxylation is 1. The second kappa shape index (κ2) is 7.43. The number of thiocarbonyl (C=S) groups is 1. The number of unbranched alkanes of at least 4 members (excludes halogenated alkanes) is 1. The van der Waals surface area contributed by atoms with Crippen LogP contribution in [0.15, 0.2) is 54.3 Å². The summed E-state index contributed by atoms with van der Waals surface area (Å²) in [6, 6.07) is 7.60. The molecule has 1 aromatic carbocycles. The van der Waals surface area contributed by atoms with Crippen molar-refractivity contribution in [2.24, 2.45) is 4.99 Å². The van der Waals surface area contributed by atoms with Gasteiger partial charge in [0.2, 0.25) is 0 Å². The molecule has 0 amide bonds. The largest absolute Gasteiger partial charge is 0.236 e. The van der Waals surface area contributed by atoms with Gasteiger partial charge in [0.1, 0.15) is 0 Å². The van der Waals surface area contributed by atoms with E-state index in [9.17, 15) is 0 Å². The van der Waals surface area contributed by atoms with E-state index in [1.807, 2.05) is 42.7 Å². The molecule has 0 bridgehead atoms. The van der Waals surface area contributed by atoms with E-state index in [-0.39, 0.29) is 0 Å². The summed E-state index contributed by atoms with van der Waals surface area (Å²) in [4.78, 5) is 12.7. The van der Waals surface area contributed by atoms with Crippen molar-refractivity contribution < 1.29 is 0 Å². The van der Waals surface area contributed by atoms with Gasteiger partial charge < -0.3 is 0 Å². The van der Waals surface area contributed by atoms with Gasteiger partial charge in [-0.3, -0.25) is 0 Å². The average Bonchev–Trinajstić information content (AvgIpc) is 2.49. The third kappa shape index (κ3) is 3.92. The van der Waals surface area contributed by atoms with Crippen LogP contribution in [0.25, 0.3) is 11.4 Å². The van der Waals surface area contributed by atoms with Crippen LogP contribution in [0, 0.1) is 0 Å². The van der Waals surface area contributed by atoms with Gasteiger partial charge in [-0.15, -0.1) is 6.58 Å². The summed E-state index contributed by atoms with van der Waals surface area (Å²) in [7, 11) is 0. The van der Waals surface area contributed by atoms with Crippen molar-refractivity contribution in [2.75, 3.05) is 0 Å². The summed E-state index contributed by atoms with van der Waals surface area (Å²) < 4.78 is 0. The van der Waals surface area contributed by atoms with Crippen LogP contribution in [0.5, 0.6) is 0 Å². The lowest BCUT2D eigenvalue weighted by molar-refractivity contribution is 0.833. The van der Waals surface area contributed by atoms with Gasteiger partial charge in [-0.2, -0.15) is 4.99 Å². The first kappa shape index (κ1) is 14.3. The molecule has 0 spiro atoms. The van der Waals surface area contributed by atoms with Crippen LogP contribution in [0.2, 0.25) is 0 Å². The highest BCUT2D eigenvalue weighted by molar-refractivity contribution is 7.78. The van der Waals surface area contributed by atoms with Gasteiger partial charge in [-0.1, -0.05) is 6.08 Å². The number of isothiocyanates is 1. The summed E-state index contributed by atoms with van der Waals surface area (Å²) in [5, 5.41) is 2.35. The van der Waals surface area contributed by atoms with Crippen LogP contribution in [0.1, 0.15) is 18.4 Å². The highest BCUT2D eigenvalue weighted by Gasteiger charge is 2.01. The molecule has 0 N–H and O–H groups in total. The Bertz CT molecular complexity index is 611. The molecule has 0 fully saturated rings. The number of rotatable bonds is 6. The van der Waals surface area contributed by atoms with E-state index >= 15 is 0 Å². The molecule has 4 heteroatoms. The van der Waals surface area contributed by atoms with E-state index < -0.39 is 0 Å². The normalized spacial score (nSPS) is 9.80. The predicted molar refractivity (Wildman–Crippen MR) is 85.3 cm³/mol. The third-order valence-electron chi connectivity index (χ3n) is 2.88. The number of aliphatic imine (C=N–C) groups is 1. The van der Waals surface area contributed by atoms with Crippen molar-refractivity contribution in [1.82, 2.24) is 9.97 Å². The molecule has 100 valence electrons. The summed E-state index contributed by atoms with van der Waals surface area (Å²) in [5.41, 5.74) is 2.90. The molecule has 0 unspecified atom stereocenters. The Balaban J connectivity index is 2.08. The van der Waals surface area contributed by atoms with Crippen molar-refractivity contribution in [2.45, 2.75) is 19.3 Å². The van der Waals surface area contributed by atoms with Gasteiger partial charge in [0.05, 0.1) is 10.8 Å². The molecule has 0 aliphatic carbocycles. The molecule has 2 rings (SSSR count). The van der Waals surface area contributed by atoms with Crippen LogP contribution in [0.3, 0.4) is 0 Å². The van der Waals surface area contributed by atoms with E-state index in [1.54, 1.807) is 0 Å². The molecule has 1 aromatic heterocycles. The Labute approximate surface area is 124 Å². The van der Waals surface area contributed by atoms with Crippen molar-refractivity contribution in [1.29, 1.82) is 0 Å². The minimum atomic E-state index is 0.718. The molecule has 20 heavy (non-hydrogen) atoms. The predicted octanol–water partition coefficient (Wildman–Crippen LogP) is 4.39. The molecule has 0 saturated carbocycles. The van der Waals surface area contributed by atoms with Gasteiger partial charge in [-0.25, -0.2) is 9.97 Å². The van der Waals surface area contributed by atoms with Gasteiger partial charge in [0.15, 0.2) is 5.82 Å². The quantitative estimate of drug-likeness (QED) is 0.341. The fourth-order valence-corrected chi connectivity index (χ4v) is 1.93. The molecule has 0 aliphatic heterocycles. The van der Waals surface area contributed by atoms with E-state index in [1.165, 1.54) is 0 Å². The zero-order valence-corrected chi connectivity index (χ0v) is 11.9. The fourth-order valence-electron chi connectivity index (χ4n) is 1.82. The summed E-state index contributed by atoms with van der Waals surface area (Å²) in [6.45, 7) is 3.72. The highest BCUT2D eigenvalue weighted by atomic mass is 32.1. The van der Waals surface area contributed by atoms with Crippen molar-refractivity contribution in [3.63, 3.8) is 0 Å². The molecule has 2 aromatic rings. The zero-order chi connectivity index (χ0) is 14.2. The Hall–Kier alpha value is -2.16. The number of nitrogens with zero attached hydrogens (tertiary/aromatic N) is 3. The number of hydrogen-bond donors (Lipinski definition) is 0. The smallest absolute Gasteiger partial charge is 0.159 e. The van der Waals surface area contributed by atoms with Crippen LogP contribution in [-0.2, 0) is 6.42 Å². The summed E-state index contributed by atoms with van der Waals surface area (Å²) >= 11 is 4.57. The van der Waals surface area contributed by atoms with Gasteiger partial charge >= 0.3 is 0 Å². The second-order valence-corrected chi connectivity index (χ2v) is 4.53. The van der Waals surface area contributed by atoms with Crippen LogP contribution < -0.4 is 0 Å². The second-order valence-electron chi connectivity index (χ2n) is 4.35. The van der Waals surface area contributed by atoms with E-state index in [4.69, 9.17) is 0 Å². The number of benzene rings is 1. The maximum atomic E-state index is 4.57. The lowest BCUT2D eigenvalue weighted by Crippen LogP contribution is -1.92. The molecular formula is C16H15N3S. The third-order valence-corrected chi connectivity index (χ3v) is 2.97. The van der Waals surface area contributed by atoms with E-state index in [0.29, 0.717) is 0 Å². The molecular weight excluding hydrogens is 266 g/mol. The van der Waals surface area contributed by atoms with Crippen LogP contribution in [-0.4, -0.2) is 15.1 Å². The number of hydrogen-bond acceptors (Lipinski definition) is 4. The maximum absolute atomic E-state index is 4.57. The lowest BCUT2D eigenvalue weighted by Gasteiger charge is -2.02. The highest BCUT2D eigenvalue weighted by Crippen LogP contribution is 2.19. The summed E-state index contributed by atoms with van der Waals surface area (Å²) in [5.74, 6) is 0.718. The zero-order valence-electron chi connectivity index (χ0n) is 11.1. The lowest BCUT2D eigenvalue weighted by atomic mass is 10.1. The van der Waals surface area contributed by atoms with Crippen LogP contribution in [0.4, 0.5) is 5.69 Å². The minimum Gasteiger partial charge on any atom is -0.236 e. The van der Waals surface area contributed by atoms with Gasteiger partial charge in [-0.05, 0) is 61.3 Å². The van der Waals surface area contributed by atoms with Gasteiger partial charge in [0.25, 0.3) is 0 Å². The van der Waals surface area contributed by atoms with E-state index in [0.717, 1.165) is 41.9 Å². The maximum Gasteiger partial charge on any atom is 0.159 e. The fraction of sp³-hybridized carbons (Fsp3) is 0.188. The Morgan fingerprint density at radius 1 is 1.20 bits per heavy atom. The Morgan fingerprint density at radius 3 is 2.50 bits per heavy atom. The number of aromatic nitrogens is 2. The molecule has 0 saturated heterocycles. The number of allylic oxidation sites excluding steroid dienone is 1. The molecule has 3 nitrogen and oxygen atoms in total. The summed E-state index contributed by atoms with van der Waals surface area (Å²) in [6.07, 6.45) is 8.78. The SMILES string of the molecule is C=CCCCc1cnc(-c2ccc(N=C=S)cc2)nc1. The first-order valence-electron chi connectivity index (χ1n) is 6.43. The van der Waals surface area contributed by atoms with Crippen molar-refractivity contribution in [3.8, 4) is 11.4 Å². The Kier molecular flexibility index (Phi) is 5.30. The standard InChI is InChI=1S/C16H15N3S/c1-2-3-4-5-13-10-17-16(18-11-13)14-6-8-15(9-7-14)19-12-20/h2,6-11H,1,3-5H2. The topological polar surface area (TPSA) is 38.1 Å².